The normalized spacial score (nSPS) is 19.2. The second kappa shape index (κ2) is 5.69. The molecule has 0 aromatic carbocycles. The number of nitrogens with zero attached hydrogens (tertiary/aromatic N) is 3. The molecule has 7 nitrogen and oxygen atoms in total. The fraction of sp³-hybridized carbons (Fsp3) is 0.500. The number of hydrogen-bond acceptors (Lipinski definition) is 6. The molecule has 2 N–H and O–H groups in total. The van der Waals surface area contributed by atoms with E-state index in [2.05, 4.69) is 22.0 Å². The molecule has 1 aliphatic heterocycles. The third-order valence-electron chi connectivity index (χ3n) is 3.74. The van der Waals surface area contributed by atoms with Crippen LogP contribution in [0, 0.1) is 0 Å². The van der Waals surface area contributed by atoms with Crippen LogP contribution >= 0.6 is 0 Å². The Morgan fingerprint density at radius 2 is 2.29 bits per heavy atom. The van der Waals surface area contributed by atoms with E-state index in [0.29, 0.717) is 12.4 Å². The molecule has 1 unspecified atom stereocenters. The van der Waals surface area contributed by atoms with E-state index in [1.807, 2.05) is 12.1 Å². The van der Waals surface area contributed by atoms with Gasteiger partial charge in [-0.15, -0.1) is 0 Å². The predicted octanol–water partition coefficient (Wildman–Crippen LogP) is 1.66. The number of aromatic nitrogens is 2. The van der Waals surface area contributed by atoms with E-state index >= 15 is 0 Å². The van der Waals surface area contributed by atoms with Crippen LogP contribution in [0.4, 0.5) is 0 Å². The molecule has 0 aliphatic carbocycles. The number of amides is 1. The van der Waals surface area contributed by atoms with Gasteiger partial charge in [0, 0.05) is 6.42 Å². The predicted molar refractivity (Wildman–Crippen MR) is 73.3 cm³/mol. The highest BCUT2D eigenvalue weighted by atomic mass is 16.5. The summed E-state index contributed by atoms with van der Waals surface area (Å²) in [5.74, 6) is 1.61. The quantitative estimate of drug-likeness (QED) is 0.899. The molecule has 1 atom stereocenters. The molecule has 1 amide bonds. The Labute approximate surface area is 122 Å². The highest BCUT2D eigenvalue weighted by molar-refractivity contribution is 5.88. The number of nitrogens with two attached hydrogens (primary N) is 1. The molecule has 2 aromatic heterocycles. The molecule has 2 aromatic rings. The molecular formula is C14H18N4O3. The van der Waals surface area contributed by atoms with Gasteiger partial charge < -0.3 is 14.7 Å². The zero-order valence-electron chi connectivity index (χ0n) is 11.9. The summed E-state index contributed by atoms with van der Waals surface area (Å²) in [6.07, 6.45) is 2.84. The van der Waals surface area contributed by atoms with Crippen LogP contribution in [0.15, 0.2) is 21.1 Å². The van der Waals surface area contributed by atoms with Gasteiger partial charge in [0.1, 0.15) is 11.5 Å². The van der Waals surface area contributed by atoms with Gasteiger partial charge >= 0.3 is 0 Å². The Morgan fingerprint density at radius 3 is 2.95 bits per heavy atom. The summed E-state index contributed by atoms with van der Waals surface area (Å²) in [6.45, 7) is 3.69. The Bertz CT molecular complexity index is 634. The summed E-state index contributed by atoms with van der Waals surface area (Å²) in [5, 5.41) is 3.61. The highest BCUT2D eigenvalue weighted by Crippen LogP contribution is 2.32. The van der Waals surface area contributed by atoms with Crippen molar-refractivity contribution >= 4 is 5.91 Å². The molecule has 3 rings (SSSR count). The standard InChI is InChI=1S/C14H18N4O3/c1-2-9-5-6-10(20-9)8-18-7-3-4-11(18)14-16-13(12(15)19)17-21-14/h5-6,11H,2-4,7-8H2,1H3,(H2,15,19). The van der Waals surface area contributed by atoms with Gasteiger partial charge in [-0.2, -0.15) is 4.98 Å². The van der Waals surface area contributed by atoms with Crippen molar-refractivity contribution in [2.75, 3.05) is 6.54 Å². The lowest BCUT2D eigenvalue weighted by Crippen LogP contribution is -2.23. The molecule has 1 fully saturated rings. The molecular weight excluding hydrogens is 272 g/mol. The number of hydrogen-bond donors (Lipinski definition) is 1. The van der Waals surface area contributed by atoms with Gasteiger partial charge in [0.15, 0.2) is 0 Å². The van der Waals surface area contributed by atoms with Crippen LogP contribution in [0.25, 0.3) is 0 Å². The molecule has 21 heavy (non-hydrogen) atoms. The molecule has 0 radical (unpaired) electrons. The minimum Gasteiger partial charge on any atom is -0.465 e. The summed E-state index contributed by atoms with van der Waals surface area (Å²) in [7, 11) is 0. The van der Waals surface area contributed by atoms with Crippen LogP contribution in [-0.4, -0.2) is 27.5 Å². The first kappa shape index (κ1) is 13.8. The minimum atomic E-state index is -0.673. The number of furan rings is 1. The van der Waals surface area contributed by atoms with Gasteiger partial charge in [0.05, 0.1) is 12.6 Å². The van der Waals surface area contributed by atoms with Crippen molar-refractivity contribution in [1.82, 2.24) is 15.0 Å². The van der Waals surface area contributed by atoms with Crippen molar-refractivity contribution in [3.63, 3.8) is 0 Å². The second-order valence-corrected chi connectivity index (χ2v) is 5.17. The van der Waals surface area contributed by atoms with Crippen molar-refractivity contribution in [2.45, 2.75) is 38.8 Å². The van der Waals surface area contributed by atoms with Crippen LogP contribution in [0.1, 0.15) is 53.8 Å². The maximum absolute atomic E-state index is 11.0. The van der Waals surface area contributed by atoms with E-state index in [0.717, 1.165) is 37.3 Å². The van der Waals surface area contributed by atoms with E-state index < -0.39 is 5.91 Å². The lowest BCUT2D eigenvalue weighted by atomic mass is 10.2. The van der Waals surface area contributed by atoms with Crippen molar-refractivity contribution in [3.8, 4) is 0 Å². The van der Waals surface area contributed by atoms with E-state index in [-0.39, 0.29) is 11.9 Å². The average Bonchev–Trinajstić information content (AvgIpc) is 3.18. The first-order valence-corrected chi connectivity index (χ1v) is 7.12. The monoisotopic (exact) mass is 290 g/mol. The molecule has 1 saturated heterocycles. The average molecular weight is 290 g/mol. The Balaban J connectivity index is 1.73. The van der Waals surface area contributed by atoms with Crippen LogP contribution < -0.4 is 5.73 Å². The molecule has 1 aliphatic rings. The van der Waals surface area contributed by atoms with Gasteiger partial charge in [-0.3, -0.25) is 9.69 Å². The fourth-order valence-corrected chi connectivity index (χ4v) is 2.66. The van der Waals surface area contributed by atoms with E-state index in [9.17, 15) is 4.79 Å². The molecule has 0 bridgehead atoms. The first-order valence-electron chi connectivity index (χ1n) is 7.12. The lowest BCUT2D eigenvalue weighted by Gasteiger charge is -2.19. The van der Waals surface area contributed by atoms with Gasteiger partial charge in [0.2, 0.25) is 5.89 Å². The van der Waals surface area contributed by atoms with Crippen molar-refractivity contribution in [3.05, 3.63) is 35.4 Å². The van der Waals surface area contributed by atoms with E-state index in [1.165, 1.54) is 0 Å². The molecule has 0 saturated carbocycles. The van der Waals surface area contributed by atoms with Crippen LogP contribution in [-0.2, 0) is 13.0 Å². The number of aryl methyl sites for hydroxylation is 1. The van der Waals surface area contributed by atoms with Gasteiger partial charge in [0.25, 0.3) is 11.7 Å². The Kier molecular flexibility index (Phi) is 3.74. The van der Waals surface area contributed by atoms with E-state index in [1.54, 1.807) is 0 Å². The first-order chi connectivity index (χ1) is 10.2. The highest BCUT2D eigenvalue weighted by Gasteiger charge is 2.31. The minimum absolute atomic E-state index is 0.0146. The summed E-state index contributed by atoms with van der Waals surface area (Å²) in [4.78, 5) is 17.3. The number of carbonyl (C=O) groups excluding carboxylic acids is 1. The van der Waals surface area contributed by atoms with Crippen molar-refractivity contribution < 1.29 is 13.7 Å². The summed E-state index contributed by atoms with van der Waals surface area (Å²) >= 11 is 0. The van der Waals surface area contributed by atoms with Gasteiger partial charge in [-0.25, -0.2) is 0 Å². The summed E-state index contributed by atoms with van der Waals surface area (Å²) in [6, 6.07) is 4.01. The third-order valence-corrected chi connectivity index (χ3v) is 3.74. The molecule has 0 spiro atoms. The van der Waals surface area contributed by atoms with Crippen molar-refractivity contribution in [1.29, 1.82) is 0 Å². The van der Waals surface area contributed by atoms with Gasteiger partial charge in [-0.05, 0) is 31.5 Å². The number of rotatable bonds is 5. The molecule has 3 heterocycles. The maximum Gasteiger partial charge on any atom is 0.290 e. The van der Waals surface area contributed by atoms with Crippen LogP contribution in [0.2, 0.25) is 0 Å². The smallest absolute Gasteiger partial charge is 0.290 e. The SMILES string of the molecule is CCc1ccc(CN2CCCC2c2nc(C(N)=O)no2)o1. The van der Waals surface area contributed by atoms with E-state index in [4.69, 9.17) is 14.7 Å². The van der Waals surface area contributed by atoms with Crippen molar-refractivity contribution in [2.24, 2.45) is 5.73 Å². The Hall–Kier alpha value is -2.15. The van der Waals surface area contributed by atoms with Crippen LogP contribution in [0.5, 0.6) is 0 Å². The molecule has 112 valence electrons. The Morgan fingerprint density at radius 1 is 1.48 bits per heavy atom. The topological polar surface area (TPSA) is 98.4 Å². The maximum atomic E-state index is 11.0. The molecule has 7 heteroatoms. The van der Waals surface area contributed by atoms with Gasteiger partial charge in [-0.1, -0.05) is 12.1 Å². The zero-order valence-corrected chi connectivity index (χ0v) is 11.9. The third kappa shape index (κ3) is 2.82. The fourth-order valence-electron chi connectivity index (χ4n) is 2.66. The summed E-state index contributed by atoms with van der Waals surface area (Å²) < 4.78 is 10.9. The van der Waals surface area contributed by atoms with Crippen LogP contribution in [0.3, 0.4) is 0 Å². The zero-order chi connectivity index (χ0) is 14.8. The largest absolute Gasteiger partial charge is 0.465 e. The number of likely N-dealkylation sites (tertiary alicyclic amines) is 1. The lowest BCUT2D eigenvalue weighted by molar-refractivity contribution is 0.0987. The summed E-state index contributed by atoms with van der Waals surface area (Å²) in [5.41, 5.74) is 5.15. The number of primary amides is 1. The number of carbonyl (C=O) groups is 1. The second-order valence-electron chi connectivity index (χ2n) is 5.17.